The molecule has 1 heterocycles. The predicted octanol–water partition coefficient (Wildman–Crippen LogP) is 3.81. The summed E-state index contributed by atoms with van der Waals surface area (Å²) in [6.45, 7) is 5.34. The molecule has 0 aromatic heterocycles. The van der Waals surface area contributed by atoms with Crippen LogP contribution in [0.25, 0.3) is 0 Å². The highest BCUT2D eigenvalue weighted by Crippen LogP contribution is 2.51. The quantitative estimate of drug-likeness (QED) is 0.841. The van der Waals surface area contributed by atoms with E-state index >= 15 is 0 Å². The van der Waals surface area contributed by atoms with Crippen LogP contribution >= 0.6 is 0 Å². The standard InChI is InChI=1S/C23H30N2O/c1-16(26)24-22-14-23(21-5-3-2-4-20(21)22)8-10-25(11-9-23)15-19-13-17-6-7-18(19)12-17/h2-7,17-19,22H,8-15H2,1H3,(H,24,26)/t17-,18?,19+,22?/m0/s1. The minimum atomic E-state index is 0.0867. The van der Waals surface area contributed by atoms with Gasteiger partial charge in [-0.15, -0.1) is 0 Å². The minimum Gasteiger partial charge on any atom is -0.349 e. The number of carbonyl (C=O) groups is 1. The average molecular weight is 351 g/mol. The SMILES string of the molecule is CC(=O)NC1CC2(CCN(C[C@H]3C[C@H]4C=CC3C4)CC2)c2ccccc21. The Labute approximate surface area is 156 Å². The van der Waals surface area contributed by atoms with Gasteiger partial charge in [-0.3, -0.25) is 4.79 Å². The Hall–Kier alpha value is -1.61. The average Bonchev–Trinajstić information content (AvgIpc) is 3.32. The van der Waals surface area contributed by atoms with E-state index in [0.717, 1.165) is 24.2 Å². The number of fused-ring (bicyclic) bond motifs is 4. The fraction of sp³-hybridized carbons (Fsp3) is 0.609. The molecule has 1 aromatic carbocycles. The Morgan fingerprint density at radius 3 is 2.69 bits per heavy atom. The first-order valence-electron chi connectivity index (χ1n) is 10.4. The van der Waals surface area contributed by atoms with E-state index in [1.807, 2.05) is 0 Å². The van der Waals surface area contributed by atoms with E-state index in [1.54, 1.807) is 6.92 Å². The van der Waals surface area contributed by atoms with E-state index in [2.05, 4.69) is 46.6 Å². The molecule has 138 valence electrons. The lowest BCUT2D eigenvalue weighted by molar-refractivity contribution is -0.119. The van der Waals surface area contributed by atoms with E-state index in [1.165, 1.54) is 56.4 Å². The summed E-state index contributed by atoms with van der Waals surface area (Å²) in [6, 6.07) is 9.02. The van der Waals surface area contributed by atoms with Gasteiger partial charge >= 0.3 is 0 Å². The maximum Gasteiger partial charge on any atom is 0.217 e. The second-order valence-electron chi connectivity index (χ2n) is 9.17. The summed E-state index contributed by atoms with van der Waals surface area (Å²) in [4.78, 5) is 14.4. The Kier molecular flexibility index (Phi) is 3.97. The number of hydrogen-bond acceptors (Lipinski definition) is 2. The summed E-state index contributed by atoms with van der Waals surface area (Å²) in [5, 5.41) is 3.20. The fourth-order valence-corrected chi connectivity index (χ4v) is 6.34. The van der Waals surface area contributed by atoms with Crippen LogP contribution in [0.1, 0.15) is 56.2 Å². The van der Waals surface area contributed by atoms with Crippen LogP contribution in [-0.2, 0) is 10.2 Å². The van der Waals surface area contributed by atoms with Crippen molar-refractivity contribution >= 4 is 5.91 Å². The maximum absolute atomic E-state index is 11.7. The van der Waals surface area contributed by atoms with E-state index in [4.69, 9.17) is 0 Å². The monoisotopic (exact) mass is 350 g/mol. The third-order valence-electron chi connectivity index (χ3n) is 7.60. The number of amides is 1. The maximum atomic E-state index is 11.7. The molecule has 3 nitrogen and oxygen atoms in total. The van der Waals surface area contributed by atoms with Crippen molar-refractivity contribution in [1.82, 2.24) is 10.2 Å². The molecule has 1 spiro atoms. The molecule has 2 fully saturated rings. The number of nitrogens with one attached hydrogen (secondary N) is 1. The lowest BCUT2D eigenvalue weighted by Gasteiger charge is -2.41. The summed E-state index contributed by atoms with van der Waals surface area (Å²) < 4.78 is 0. The van der Waals surface area contributed by atoms with Crippen molar-refractivity contribution in [2.45, 2.75) is 50.5 Å². The number of rotatable bonds is 3. The Bertz CT molecular complexity index is 731. The lowest BCUT2D eigenvalue weighted by atomic mass is 9.73. The molecule has 2 unspecified atom stereocenters. The van der Waals surface area contributed by atoms with Gasteiger partial charge in [-0.25, -0.2) is 0 Å². The fourth-order valence-electron chi connectivity index (χ4n) is 6.34. The zero-order chi connectivity index (χ0) is 17.7. The molecule has 2 bridgehead atoms. The third-order valence-corrected chi connectivity index (χ3v) is 7.60. The van der Waals surface area contributed by atoms with Gasteiger partial charge in [-0.2, -0.15) is 0 Å². The molecule has 1 aliphatic heterocycles. The van der Waals surface area contributed by atoms with Crippen molar-refractivity contribution in [3.05, 3.63) is 47.5 Å². The zero-order valence-electron chi connectivity index (χ0n) is 15.8. The summed E-state index contributed by atoms with van der Waals surface area (Å²) in [7, 11) is 0. The van der Waals surface area contributed by atoms with Crippen molar-refractivity contribution < 1.29 is 4.79 Å². The third kappa shape index (κ3) is 2.72. The Morgan fingerprint density at radius 1 is 1.19 bits per heavy atom. The predicted molar refractivity (Wildman–Crippen MR) is 104 cm³/mol. The van der Waals surface area contributed by atoms with Gasteiger partial charge in [-0.05, 0) is 74.1 Å². The van der Waals surface area contributed by atoms with E-state index in [0.29, 0.717) is 0 Å². The van der Waals surface area contributed by atoms with Crippen molar-refractivity contribution in [2.75, 3.05) is 19.6 Å². The summed E-state index contributed by atoms with van der Waals surface area (Å²) in [6.07, 6.45) is 11.3. The first kappa shape index (κ1) is 16.6. The molecular formula is C23H30N2O. The number of allylic oxidation sites excluding steroid dienone is 2. The molecule has 1 aromatic rings. The van der Waals surface area contributed by atoms with Crippen molar-refractivity contribution in [3.63, 3.8) is 0 Å². The normalized spacial score (nSPS) is 34.3. The van der Waals surface area contributed by atoms with Crippen molar-refractivity contribution in [2.24, 2.45) is 17.8 Å². The van der Waals surface area contributed by atoms with Gasteiger partial charge in [-0.1, -0.05) is 36.4 Å². The number of hydrogen-bond donors (Lipinski definition) is 1. The molecule has 4 atom stereocenters. The van der Waals surface area contributed by atoms with Gasteiger partial charge in [0.05, 0.1) is 6.04 Å². The summed E-state index contributed by atoms with van der Waals surface area (Å²) in [5.74, 6) is 2.71. The molecule has 1 amide bonds. The van der Waals surface area contributed by atoms with E-state index in [9.17, 15) is 4.79 Å². The molecule has 1 N–H and O–H groups in total. The van der Waals surface area contributed by atoms with Crippen LogP contribution in [0.2, 0.25) is 0 Å². The van der Waals surface area contributed by atoms with Crippen LogP contribution in [0.4, 0.5) is 0 Å². The molecule has 26 heavy (non-hydrogen) atoms. The first-order chi connectivity index (χ1) is 12.6. The van der Waals surface area contributed by atoms with Crippen LogP contribution in [-0.4, -0.2) is 30.4 Å². The molecule has 3 heteroatoms. The molecule has 0 radical (unpaired) electrons. The Balaban J connectivity index is 1.28. The topological polar surface area (TPSA) is 32.3 Å². The highest BCUT2D eigenvalue weighted by Gasteiger charge is 2.46. The lowest BCUT2D eigenvalue weighted by Crippen LogP contribution is -2.44. The number of benzene rings is 1. The van der Waals surface area contributed by atoms with E-state index < -0.39 is 0 Å². The molecule has 4 aliphatic rings. The van der Waals surface area contributed by atoms with Gasteiger partial charge in [0.25, 0.3) is 0 Å². The highest BCUT2D eigenvalue weighted by molar-refractivity contribution is 5.73. The van der Waals surface area contributed by atoms with Gasteiger partial charge in [0.15, 0.2) is 0 Å². The van der Waals surface area contributed by atoms with Crippen LogP contribution in [0.5, 0.6) is 0 Å². The minimum absolute atomic E-state index is 0.0867. The molecule has 1 saturated carbocycles. The molecule has 1 saturated heterocycles. The second kappa shape index (κ2) is 6.23. The van der Waals surface area contributed by atoms with E-state index in [-0.39, 0.29) is 17.4 Å². The second-order valence-corrected chi connectivity index (χ2v) is 9.17. The molecule has 3 aliphatic carbocycles. The largest absolute Gasteiger partial charge is 0.349 e. The highest BCUT2D eigenvalue weighted by atomic mass is 16.1. The van der Waals surface area contributed by atoms with Gasteiger partial charge in [0.2, 0.25) is 5.91 Å². The van der Waals surface area contributed by atoms with Gasteiger partial charge in [0, 0.05) is 18.9 Å². The van der Waals surface area contributed by atoms with Crippen LogP contribution in [0.3, 0.4) is 0 Å². The summed E-state index contributed by atoms with van der Waals surface area (Å²) >= 11 is 0. The Morgan fingerprint density at radius 2 is 2.00 bits per heavy atom. The van der Waals surface area contributed by atoms with Gasteiger partial charge in [0.1, 0.15) is 0 Å². The summed E-state index contributed by atoms with van der Waals surface area (Å²) in [5.41, 5.74) is 3.13. The molecular weight excluding hydrogens is 320 g/mol. The number of carbonyl (C=O) groups excluding carboxylic acids is 1. The van der Waals surface area contributed by atoms with Crippen molar-refractivity contribution in [1.29, 1.82) is 0 Å². The molecule has 5 rings (SSSR count). The van der Waals surface area contributed by atoms with Crippen LogP contribution < -0.4 is 5.32 Å². The van der Waals surface area contributed by atoms with Crippen LogP contribution in [0, 0.1) is 17.8 Å². The first-order valence-corrected chi connectivity index (χ1v) is 10.4. The number of nitrogens with zero attached hydrogens (tertiary/aromatic N) is 1. The van der Waals surface area contributed by atoms with Crippen LogP contribution in [0.15, 0.2) is 36.4 Å². The zero-order valence-corrected chi connectivity index (χ0v) is 15.8. The number of piperidine rings is 1. The van der Waals surface area contributed by atoms with Gasteiger partial charge < -0.3 is 10.2 Å². The smallest absolute Gasteiger partial charge is 0.217 e. The number of likely N-dealkylation sites (tertiary alicyclic amines) is 1. The van der Waals surface area contributed by atoms with Crippen molar-refractivity contribution in [3.8, 4) is 0 Å².